The summed E-state index contributed by atoms with van der Waals surface area (Å²) in [6, 6.07) is 6.16. The van der Waals surface area contributed by atoms with Crippen molar-refractivity contribution in [3.8, 4) is 0 Å². The van der Waals surface area contributed by atoms with E-state index < -0.39 is 78.6 Å². The molecule has 2 N–H and O–H groups in total. The van der Waals surface area contributed by atoms with Crippen LogP contribution in [0.1, 0.15) is 46.1 Å². The Balaban J connectivity index is 2.00. The first-order valence-electron chi connectivity index (χ1n) is 12.5. The van der Waals surface area contributed by atoms with Gasteiger partial charge < -0.3 is 34.0 Å². The molecule has 1 aliphatic carbocycles. The van der Waals surface area contributed by atoms with Gasteiger partial charge in [0.25, 0.3) is 5.91 Å². The highest BCUT2D eigenvalue weighted by atomic mass is 16.6. The standard InChI is InChI=1S/C27H32N2O11/c1-14(30)37-22-11-27(40-17(4)33,12-23(38-15(2)31)24(22)39-16(3)32)26(35)29-21(25(34)36-5)10-18-13-28-20-9-7-6-8-19(18)20/h6-9,13,21-24,28H,10-12H2,1-5H3,(H,29,35). The molecule has 13 nitrogen and oxygen atoms in total. The van der Waals surface area contributed by atoms with E-state index >= 15 is 0 Å². The number of para-hydroxylation sites is 1. The fourth-order valence-electron chi connectivity index (χ4n) is 4.93. The number of aromatic amines is 1. The summed E-state index contributed by atoms with van der Waals surface area (Å²) in [5.74, 6) is -4.88. The van der Waals surface area contributed by atoms with Crippen LogP contribution in [-0.2, 0) is 58.9 Å². The molecule has 3 atom stereocenters. The zero-order valence-electron chi connectivity index (χ0n) is 22.8. The Bertz CT molecular complexity index is 1270. The van der Waals surface area contributed by atoms with E-state index in [-0.39, 0.29) is 6.42 Å². The lowest BCUT2D eigenvalue weighted by atomic mass is 9.78. The molecule has 1 heterocycles. The second kappa shape index (κ2) is 12.6. The summed E-state index contributed by atoms with van der Waals surface area (Å²) >= 11 is 0. The van der Waals surface area contributed by atoms with Gasteiger partial charge in [-0.15, -0.1) is 0 Å². The molecule has 3 rings (SSSR count). The minimum Gasteiger partial charge on any atom is -0.467 e. The predicted molar refractivity (Wildman–Crippen MR) is 136 cm³/mol. The number of carbonyl (C=O) groups excluding carboxylic acids is 6. The normalized spacial score (nSPS) is 22.9. The van der Waals surface area contributed by atoms with E-state index in [2.05, 4.69) is 10.3 Å². The van der Waals surface area contributed by atoms with Crippen LogP contribution in [0, 0.1) is 0 Å². The highest BCUT2D eigenvalue weighted by Crippen LogP contribution is 2.38. The van der Waals surface area contributed by atoms with E-state index in [1.54, 1.807) is 6.20 Å². The van der Waals surface area contributed by atoms with Crippen LogP contribution in [0.25, 0.3) is 10.9 Å². The van der Waals surface area contributed by atoms with Crippen LogP contribution >= 0.6 is 0 Å². The Morgan fingerprint density at radius 3 is 2.00 bits per heavy atom. The first kappa shape index (κ1) is 30.1. The van der Waals surface area contributed by atoms with E-state index in [1.807, 2.05) is 24.3 Å². The van der Waals surface area contributed by atoms with Crippen molar-refractivity contribution in [3.63, 3.8) is 0 Å². The summed E-state index contributed by atoms with van der Waals surface area (Å²) in [5, 5.41) is 3.42. The molecule has 1 aromatic heterocycles. The number of aromatic nitrogens is 1. The topological polar surface area (TPSA) is 176 Å². The van der Waals surface area contributed by atoms with Crippen LogP contribution in [0.3, 0.4) is 0 Å². The Kier molecular flexibility index (Phi) is 9.51. The monoisotopic (exact) mass is 560 g/mol. The number of nitrogens with one attached hydrogen (secondary N) is 2. The summed E-state index contributed by atoms with van der Waals surface area (Å²) in [6.07, 6.45) is -3.14. The maximum Gasteiger partial charge on any atom is 0.328 e. The molecular weight excluding hydrogens is 528 g/mol. The van der Waals surface area contributed by atoms with Crippen LogP contribution < -0.4 is 5.32 Å². The van der Waals surface area contributed by atoms with Crippen LogP contribution in [0.15, 0.2) is 30.5 Å². The minimum atomic E-state index is -2.07. The summed E-state index contributed by atoms with van der Waals surface area (Å²) in [4.78, 5) is 77.6. The van der Waals surface area contributed by atoms with Gasteiger partial charge in [0, 0.05) is 64.1 Å². The van der Waals surface area contributed by atoms with Crippen molar-refractivity contribution in [1.82, 2.24) is 10.3 Å². The lowest BCUT2D eigenvalue weighted by molar-refractivity contribution is -0.215. The molecule has 0 bridgehead atoms. The van der Waals surface area contributed by atoms with Gasteiger partial charge in [-0.05, 0) is 11.6 Å². The number of hydrogen-bond donors (Lipinski definition) is 2. The Labute approximate surface area is 229 Å². The van der Waals surface area contributed by atoms with Gasteiger partial charge in [0.15, 0.2) is 11.7 Å². The van der Waals surface area contributed by atoms with Crippen LogP contribution in [0.5, 0.6) is 0 Å². The number of ether oxygens (including phenoxy) is 5. The van der Waals surface area contributed by atoms with Crippen molar-refractivity contribution in [3.05, 3.63) is 36.0 Å². The fraction of sp³-hybridized carbons (Fsp3) is 0.481. The van der Waals surface area contributed by atoms with Crippen molar-refractivity contribution in [2.24, 2.45) is 0 Å². The first-order chi connectivity index (χ1) is 18.8. The molecule has 1 aromatic carbocycles. The molecule has 1 saturated carbocycles. The van der Waals surface area contributed by atoms with E-state index in [0.29, 0.717) is 5.56 Å². The Morgan fingerprint density at radius 2 is 1.48 bits per heavy atom. The SMILES string of the molecule is COC(=O)C(Cc1c[nH]c2ccccc12)NC(=O)C1(OC(C)=O)CC(OC(C)=O)C(OC(C)=O)C(OC(C)=O)C1. The van der Waals surface area contributed by atoms with Gasteiger partial charge in [0.2, 0.25) is 0 Å². The van der Waals surface area contributed by atoms with Crippen molar-refractivity contribution < 1.29 is 52.5 Å². The smallest absolute Gasteiger partial charge is 0.328 e. The molecule has 40 heavy (non-hydrogen) atoms. The third kappa shape index (κ3) is 7.16. The minimum absolute atomic E-state index is 0.0232. The van der Waals surface area contributed by atoms with E-state index in [4.69, 9.17) is 23.7 Å². The third-order valence-electron chi connectivity index (χ3n) is 6.37. The Hall–Kier alpha value is -4.42. The molecule has 216 valence electrons. The number of H-pyrrole nitrogens is 1. The molecule has 13 heteroatoms. The average Bonchev–Trinajstić information content (AvgIpc) is 3.26. The van der Waals surface area contributed by atoms with E-state index in [0.717, 1.165) is 45.7 Å². The highest BCUT2D eigenvalue weighted by Gasteiger charge is 2.57. The number of carbonyl (C=O) groups is 6. The Morgan fingerprint density at radius 1 is 0.900 bits per heavy atom. The van der Waals surface area contributed by atoms with E-state index in [1.165, 1.54) is 0 Å². The molecule has 0 radical (unpaired) electrons. The number of methoxy groups -OCH3 is 1. The lowest BCUT2D eigenvalue weighted by Crippen LogP contribution is -2.64. The van der Waals surface area contributed by atoms with E-state index in [9.17, 15) is 28.8 Å². The van der Waals surface area contributed by atoms with Gasteiger partial charge in [0.1, 0.15) is 18.2 Å². The molecule has 1 fully saturated rings. The van der Waals surface area contributed by atoms with Crippen molar-refractivity contribution in [2.45, 2.75) is 76.9 Å². The summed E-state index contributed by atoms with van der Waals surface area (Å²) in [6.45, 7) is 4.38. The maximum atomic E-state index is 13.9. The second-order valence-corrected chi connectivity index (χ2v) is 9.48. The zero-order chi connectivity index (χ0) is 29.6. The summed E-state index contributed by atoms with van der Waals surface area (Å²) in [7, 11) is 1.16. The third-order valence-corrected chi connectivity index (χ3v) is 6.37. The summed E-state index contributed by atoms with van der Waals surface area (Å²) in [5.41, 5.74) is -0.544. The van der Waals surface area contributed by atoms with Gasteiger partial charge in [-0.3, -0.25) is 24.0 Å². The van der Waals surface area contributed by atoms with Crippen LogP contribution in [-0.4, -0.2) is 77.8 Å². The van der Waals surface area contributed by atoms with Crippen molar-refractivity contribution in [1.29, 1.82) is 0 Å². The maximum absolute atomic E-state index is 13.9. The number of amides is 1. The van der Waals surface area contributed by atoms with Gasteiger partial charge in [-0.1, -0.05) is 18.2 Å². The molecule has 0 spiro atoms. The van der Waals surface area contributed by atoms with Gasteiger partial charge >= 0.3 is 29.8 Å². The quantitative estimate of drug-likeness (QED) is 0.333. The highest BCUT2D eigenvalue weighted by molar-refractivity contribution is 5.92. The molecule has 3 unspecified atom stereocenters. The number of esters is 5. The predicted octanol–water partition coefficient (Wildman–Crippen LogP) is 1.26. The van der Waals surface area contributed by atoms with Gasteiger partial charge in [-0.2, -0.15) is 0 Å². The zero-order valence-corrected chi connectivity index (χ0v) is 22.8. The fourth-order valence-corrected chi connectivity index (χ4v) is 4.93. The molecule has 2 aromatic rings. The number of hydrogen-bond acceptors (Lipinski definition) is 11. The molecule has 0 saturated heterocycles. The van der Waals surface area contributed by atoms with Gasteiger partial charge in [-0.25, -0.2) is 4.79 Å². The number of fused-ring (bicyclic) bond motifs is 1. The van der Waals surface area contributed by atoms with Crippen molar-refractivity contribution >= 4 is 46.7 Å². The van der Waals surface area contributed by atoms with Crippen LogP contribution in [0.2, 0.25) is 0 Å². The van der Waals surface area contributed by atoms with Gasteiger partial charge in [0.05, 0.1) is 7.11 Å². The molecule has 1 aliphatic rings. The molecule has 1 amide bonds. The average molecular weight is 561 g/mol. The summed E-state index contributed by atoms with van der Waals surface area (Å²) < 4.78 is 26.4. The first-order valence-corrected chi connectivity index (χ1v) is 12.5. The molecule has 0 aliphatic heterocycles. The number of benzene rings is 1. The number of rotatable bonds is 9. The molecular formula is C27H32N2O11. The second-order valence-electron chi connectivity index (χ2n) is 9.48. The van der Waals surface area contributed by atoms with Crippen molar-refractivity contribution in [2.75, 3.05) is 7.11 Å². The largest absolute Gasteiger partial charge is 0.467 e. The lowest BCUT2D eigenvalue weighted by Gasteiger charge is -2.45. The van der Waals surface area contributed by atoms with Crippen LogP contribution in [0.4, 0.5) is 0 Å².